The number of carbonyl (C=O) groups is 2. The van der Waals surface area contributed by atoms with Crippen LogP contribution in [0.5, 0.6) is 5.75 Å². The van der Waals surface area contributed by atoms with Crippen molar-refractivity contribution in [3.8, 4) is 5.75 Å². The summed E-state index contributed by atoms with van der Waals surface area (Å²) in [5, 5.41) is 2.73. The molecule has 0 radical (unpaired) electrons. The minimum absolute atomic E-state index is 0.0359. The van der Waals surface area contributed by atoms with Crippen molar-refractivity contribution in [1.82, 2.24) is 5.32 Å². The molecule has 0 fully saturated rings. The molecule has 2 amide bonds. The van der Waals surface area contributed by atoms with Crippen molar-refractivity contribution in [2.45, 2.75) is 26.4 Å². The van der Waals surface area contributed by atoms with E-state index in [0.29, 0.717) is 24.6 Å². The minimum Gasteiger partial charge on any atom is -0.476 e. The molecule has 6 heteroatoms. The second kappa shape index (κ2) is 6.36. The van der Waals surface area contributed by atoms with E-state index in [9.17, 15) is 9.59 Å². The number of nitrogens with one attached hydrogen (secondary N) is 1. The monoisotopic (exact) mass is 306 g/mol. The number of aryl methyl sites for hydroxylation is 1. The average molecular weight is 306 g/mol. The number of ether oxygens (including phenoxy) is 2. The lowest BCUT2D eigenvalue weighted by molar-refractivity contribution is -0.134. The zero-order chi connectivity index (χ0) is 16.3. The molecular formula is C16H22N2O4. The van der Waals surface area contributed by atoms with E-state index in [-0.39, 0.29) is 18.4 Å². The number of carbonyl (C=O) groups excluding carboxylic acids is 2. The Labute approximate surface area is 130 Å². The maximum absolute atomic E-state index is 12.6. The van der Waals surface area contributed by atoms with Crippen LogP contribution < -0.4 is 15.0 Å². The van der Waals surface area contributed by atoms with E-state index in [1.54, 1.807) is 21.0 Å². The molecule has 22 heavy (non-hydrogen) atoms. The first kappa shape index (κ1) is 16.3. The number of anilines is 1. The van der Waals surface area contributed by atoms with Gasteiger partial charge in [-0.25, -0.2) is 0 Å². The molecule has 6 nitrogen and oxygen atoms in total. The summed E-state index contributed by atoms with van der Waals surface area (Å²) in [5.41, 5.74) is 0.639. The van der Waals surface area contributed by atoms with Gasteiger partial charge in [-0.05, 0) is 38.5 Å². The lowest BCUT2D eigenvalue weighted by atomic mass is 10.0. The molecule has 1 heterocycles. The molecule has 120 valence electrons. The van der Waals surface area contributed by atoms with Gasteiger partial charge in [0.25, 0.3) is 5.91 Å². The summed E-state index contributed by atoms with van der Waals surface area (Å²) in [5.74, 6) is 0.155. The van der Waals surface area contributed by atoms with Gasteiger partial charge in [0.15, 0.2) is 5.60 Å². The number of fused-ring (bicyclic) bond motifs is 1. The molecule has 1 aliphatic heterocycles. The van der Waals surface area contributed by atoms with Crippen LogP contribution in [0.4, 0.5) is 5.69 Å². The molecular weight excluding hydrogens is 284 g/mol. The van der Waals surface area contributed by atoms with Gasteiger partial charge in [-0.2, -0.15) is 0 Å². The largest absolute Gasteiger partial charge is 0.476 e. The van der Waals surface area contributed by atoms with E-state index in [2.05, 4.69) is 5.32 Å². The maximum Gasteiger partial charge on any atom is 0.271 e. The lowest BCUT2D eigenvalue weighted by Gasteiger charge is -2.38. The lowest BCUT2D eigenvalue weighted by Crippen LogP contribution is -2.55. The Kier molecular flexibility index (Phi) is 4.71. The van der Waals surface area contributed by atoms with Gasteiger partial charge in [0.1, 0.15) is 12.3 Å². The molecule has 0 atom stereocenters. The predicted molar refractivity (Wildman–Crippen MR) is 83.1 cm³/mol. The van der Waals surface area contributed by atoms with Crippen LogP contribution in [0.25, 0.3) is 0 Å². The van der Waals surface area contributed by atoms with Crippen LogP contribution in [0.1, 0.15) is 19.4 Å². The third-order valence-corrected chi connectivity index (χ3v) is 3.46. The van der Waals surface area contributed by atoms with E-state index >= 15 is 0 Å². The topological polar surface area (TPSA) is 67.9 Å². The normalized spacial score (nSPS) is 16.0. The molecule has 0 bridgehead atoms. The summed E-state index contributed by atoms with van der Waals surface area (Å²) in [4.78, 5) is 26.1. The van der Waals surface area contributed by atoms with Crippen molar-refractivity contribution in [3.05, 3.63) is 23.8 Å². The highest BCUT2D eigenvalue weighted by atomic mass is 16.5. The minimum atomic E-state index is -0.991. The number of rotatable bonds is 5. The van der Waals surface area contributed by atoms with Crippen LogP contribution in [0.15, 0.2) is 18.2 Å². The third-order valence-electron chi connectivity index (χ3n) is 3.46. The zero-order valence-corrected chi connectivity index (χ0v) is 13.4. The standard InChI is InChI=1S/C16H22N2O4/c1-11-5-6-13-12(9-11)18(15(20)16(2,3)22-13)10-14(19)17-7-8-21-4/h5-6,9H,7-8,10H2,1-4H3,(H,17,19). The van der Waals surface area contributed by atoms with Gasteiger partial charge in [0.2, 0.25) is 5.91 Å². The van der Waals surface area contributed by atoms with E-state index < -0.39 is 5.60 Å². The third kappa shape index (κ3) is 3.39. The van der Waals surface area contributed by atoms with Gasteiger partial charge < -0.3 is 14.8 Å². The molecule has 0 spiro atoms. The summed E-state index contributed by atoms with van der Waals surface area (Å²) < 4.78 is 10.6. The Morgan fingerprint density at radius 1 is 1.41 bits per heavy atom. The molecule has 1 aromatic carbocycles. The van der Waals surface area contributed by atoms with Crippen LogP contribution in [0.3, 0.4) is 0 Å². The number of benzene rings is 1. The van der Waals surface area contributed by atoms with E-state index in [0.717, 1.165) is 5.56 Å². The smallest absolute Gasteiger partial charge is 0.271 e. The molecule has 0 aliphatic carbocycles. The van der Waals surface area contributed by atoms with Crippen LogP contribution in [-0.4, -0.2) is 44.2 Å². The van der Waals surface area contributed by atoms with Crippen molar-refractivity contribution < 1.29 is 19.1 Å². The summed E-state index contributed by atoms with van der Waals surface area (Å²) >= 11 is 0. The maximum atomic E-state index is 12.6. The van der Waals surface area contributed by atoms with Crippen molar-refractivity contribution in [2.24, 2.45) is 0 Å². The predicted octanol–water partition coefficient (Wildman–Crippen LogP) is 1.26. The van der Waals surface area contributed by atoms with Gasteiger partial charge in [-0.1, -0.05) is 6.07 Å². The molecule has 1 N–H and O–H groups in total. The highest BCUT2D eigenvalue weighted by molar-refractivity contribution is 6.05. The van der Waals surface area contributed by atoms with Crippen molar-refractivity contribution in [3.63, 3.8) is 0 Å². The Hall–Kier alpha value is -2.08. The molecule has 2 rings (SSSR count). The van der Waals surface area contributed by atoms with E-state index in [1.165, 1.54) is 4.90 Å². The summed E-state index contributed by atoms with van der Waals surface area (Å²) in [6.07, 6.45) is 0. The Morgan fingerprint density at radius 2 is 2.14 bits per heavy atom. The Balaban J connectivity index is 2.23. The number of nitrogens with zero attached hydrogens (tertiary/aromatic N) is 1. The fourth-order valence-corrected chi connectivity index (χ4v) is 2.33. The van der Waals surface area contributed by atoms with Crippen molar-refractivity contribution >= 4 is 17.5 Å². The van der Waals surface area contributed by atoms with E-state index in [1.807, 2.05) is 25.1 Å². The zero-order valence-electron chi connectivity index (χ0n) is 13.4. The highest BCUT2D eigenvalue weighted by Crippen LogP contribution is 2.38. The van der Waals surface area contributed by atoms with Gasteiger partial charge >= 0.3 is 0 Å². The molecule has 0 unspecified atom stereocenters. The Bertz CT molecular complexity index is 584. The number of amides is 2. The van der Waals surface area contributed by atoms with Crippen LogP contribution >= 0.6 is 0 Å². The second-order valence-corrected chi connectivity index (χ2v) is 5.82. The summed E-state index contributed by atoms with van der Waals surface area (Å²) in [6, 6.07) is 5.60. The fourth-order valence-electron chi connectivity index (χ4n) is 2.33. The van der Waals surface area contributed by atoms with Crippen molar-refractivity contribution in [2.75, 3.05) is 31.7 Å². The first-order chi connectivity index (χ1) is 10.3. The molecule has 1 aromatic rings. The first-order valence-electron chi connectivity index (χ1n) is 7.22. The van der Waals surface area contributed by atoms with Crippen LogP contribution in [0, 0.1) is 6.92 Å². The number of hydrogen-bond donors (Lipinski definition) is 1. The first-order valence-corrected chi connectivity index (χ1v) is 7.22. The SMILES string of the molecule is COCCNC(=O)CN1C(=O)C(C)(C)Oc2ccc(C)cc21. The Morgan fingerprint density at radius 3 is 2.82 bits per heavy atom. The summed E-state index contributed by atoms with van der Waals surface area (Å²) in [6.45, 7) is 6.15. The molecule has 0 aromatic heterocycles. The van der Waals surface area contributed by atoms with Gasteiger partial charge in [0, 0.05) is 13.7 Å². The quantitative estimate of drug-likeness (QED) is 0.832. The second-order valence-electron chi connectivity index (χ2n) is 5.82. The van der Waals surface area contributed by atoms with Crippen LogP contribution in [0.2, 0.25) is 0 Å². The number of methoxy groups -OCH3 is 1. The van der Waals surface area contributed by atoms with Crippen molar-refractivity contribution in [1.29, 1.82) is 0 Å². The van der Waals surface area contributed by atoms with Crippen LogP contribution in [-0.2, 0) is 14.3 Å². The molecule has 0 saturated heterocycles. The summed E-state index contributed by atoms with van der Waals surface area (Å²) in [7, 11) is 1.57. The molecule has 0 saturated carbocycles. The average Bonchev–Trinajstić information content (AvgIpc) is 2.45. The highest BCUT2D eigenvalue weighted by Gasteiger charge is 2.41. The molecule has 1 aliphatic rings. The fraction of sp³-hybridized carbons (Fsp3) is 0.500. The van der Waals surface area contributed by atoms with Gasteiger partial charge in [-0.3, -0.25) is 14.5 Å². The van der Waals surface area contributed by atoms with Gasteiger partial charge in [0.05, 0.1) is 12.3 Å². The van der Waals surface area contributed by atoms with Gasteiger partial charge in [-0.15, -0.1) is 0 Å². The van der Waals surface area contributed by atoms with E-state index in [4.69, 9.17) is 9.47 Å². The number of hydrogen-bond acceptors (Lipinski definition) is 4.